The SMILES string of the molecule is COc1cc(C(O)c2cccc(Br)n2)ccc1F. The first-order chi connectivity index (χ1) is 8.61. The third kappa shape index (κ3) is 2.68. The largest absolute Gasteiger partial charge is 0.494 e. The van der Waals surface area contributed by atoms with Gasteiger partial charge in [0.05, 0.1) is 12.8 Å². The molecule has 0 spiro atoms. The van der Waals surface area contributed by atoms with Crippen molar-refractivity contribution in [2.45, 2.75) is 6.10 Å². The number of aromatic nitrogens is 1. The van der Waals surface area contributed by atoms with E-state index in [4.69, 9.17) is 4.74 Å². The van der Waals surface area contributed by atoms with E-state index < -0.39 is 11.9 Å². The molecule has 0 aliphatic rings. The molecule has 0 bridgehead atoms. The van der Waals surface area contributed by atoms with Crippen LogP contribution in [-0.2, 0) is 0 Å². The third-order valence-corrected chi connectivity index (χ3v) is 2.95. The van der Waals surface area contributed by atoms with Gasteiger partial charge in [-0.2, -0.15) is 0 Å². The van der Waals surface area contributed by atoms with Crippen LogP contribution < -0.4 is 4.74 Å². The molecule has 18 heavy (non-hydrogen) atoms. The molecule has 2 rings (SSSR count). The van der Waals surface area contributed by atoms with Gasteiger partial charge in [-0.1, -0.05) is 12.1 Å². The van der Waals surface area contributed by atoms with Gasteiger partial charge in [0.1, 0.15) is 10.7 Å². The van der Waals surface area contributed by atoms with Crippen LogP contribution in [-0.4, -0.2) is 17.2 Å². The number of aliphatic hydroxyl groups is 1. The number of rotatable bonds is 3. The van der Waals surface area contributed by atoms with E-state index >= 15 is 0 Å². The van der Waals surface area contributed by atoms with Crippen LogP contribution in [0.2, 0.25) is 0 Å². The number of nitrogens with zero attached hydrogens (tertiary/aromatic N) is 1. The molecule has 1 N–H and O–H groups in total. The number of halogens is 2. The summed E-state index contributed by atoms with van der Waals surface area (Å²) < 4.78 is 18.8. The van der Waals surface area contributed by atoms with Crippen LogP contribution in [0.1, 0.15) is 17.4 Å². The quantitative estimate of drug-likeness (QED) is 0.886. The second-order valence-electron chi connectivity index (χ2n) is 3.68. The molecule has 5 heteroatoms. The summed E-state index contributed by atoms with van der Waals surface area (Å²) in [4.78, 5) is 4.16. The summed E-state index contributed by atoms with van der Waals surface area (Å²) in [6.45, 7) is 0. The van der Waals surface area contributed by atoms with Gasteiger partial charge >= 0.3 is 0 Å². The van der Waals surface area contributed by atoms with Crippen LogP contribution in [0.15, 0.2) is 41.0 Å². The van der Waals surface area contributed by atoms with Crippen molar-refractivity contribution in [3.63, 3.8) is 0 Å². The summed E-state index contributed by atoms with van der Waals surface area (Å²) in [7, 11) is 1.38. The Hall–Kier alpha value is -1.46. The maximum absolute atomic E-state index is 13.3. The highest BCUT2D eigenvalue weighted by molar-refractivity contribution is 9.10. The molecule has 1 unspecified atom stereocenters. The number of aliphatic hydroxyl groups excluding tert-OH is 1. The minimum atomic E-state index is -0.919. The Morgan fingerprint density at radius 3 is 2.78 bits per heavy atom. The fourth-order valence-electron chi connectivity index (χ4n) is 1.59. The van der Waals surface area contributed by atoms with Gasteiger partial charge in [-0.15, -0.1) is 0 Å². The Morgan fingerprint density at radius 2 is 2.11 bits per heavy atom. The van der Waals surface area contributed by atoms with Crippen molar-refractivity contribution in [3.8, 4) is 5.75 Å². The zero-order valence-electron chi connectivity index (χ0n) is 9.60. The Kier molecular flexibility index (Phi) is 3.93. The van der Waals surface area contributed by atoms with Gasteiger partial charge in [-0.3, -0.25) is 0 Å². The van der Waals surface area contributed by atoms with Crippen LogP contribution in [0.4, 0.5) is 4.39 Å². The molecular formula is C13H11BrFNO2. The second kappa shape index (κ2) is 5.46. The van der Waals surface area contributed by atoms with E-state index in [-0.39, 0.29) is 5.75 Å². The molecule has 1 heterocycles. The average molecular weight is 312 g/mol. The minimum Gasteiger partial charge on any atom is -0.494 e. The number of ether oxygens (including phenoxy) is 1. The van der Waals surface area contributed by atoms with E-state index in [0.29, 0.717) is 15.9 Å². The first-order valence-electron chi connectivity index (χ1n) is 5.26. The van der Waals surface area contributed by atoms with Gasteiger partial charge in [-0.25, -0.2) is 9.37 Å². The molecule has 0 fully saturated rings. The van der Waals surface area contributed by atoms with Crippen LogP contribution in [0.25, 0.3) is 0 Å². The van der Waals surface area contributed by atoms with Crippen molar-refractivity contribution in [3.05, 3.63) is 58.1 Å². The van der Waals surface area contributed by atoms with Crippen molar-refractivity contribution in [2.24, 2.45) is 0 Å². The average Bonchev–Trinajstić information content (AvgIpc) is 2.38. The standard InChI is InChI=1S/C13H11BrFNO2/c1-18-11-7-8(5-6-9(11)15)13(17)10-3-2-4-12(14)16-10/h2-7,13,17H,1H3. The minimum absolute atomic E-state index is 0.0987. The van der Waals surface area contributed by atoms with E-state index in [1.165, 1.54) is 25.3 Å². The Morgan fingerprint density at radius 1 is 1.33 bits per heavy atom. The van der Waals surface area contributed by atoms with Gasteiger partial charge in [0.2, 0.25) is 0 Å². The summed E-state index contributed by atoms with van der Waals surface area (Å²) in [6.07, 6.45) is -0.919. The molecule has 0 aliphatic carbocycles. The highest BCUT2D eigenvalue weighted by atomic mass is 79.9. The molecule has 0 saturated carbocycles. The molecule has 2 aromatic rings. The van der Waals surface area contributed by atoms with Crippen molar-refractivity contribution in [1.29, 1.82) is 0 Å². The lowest BCUT2D eigenvalue weighted by Crippen LogP contribution is -2.03. The fourth-order valence-corrected chi connectivity index (χ4v) is 1.95. The summed E-state index contributed by atoms with van der Waals surface area (Å²) >= 11 is 3.24. The first kappa shape index (κ1) is 13.0. The highest BCUT2D eigenvalue weighted by Crippen LogP contribution is 2.26. The zero-order valence-corrected chi connectivity index (χ0v) is 11.2. The van der Waals surface area contributed by atoms with Gasteiger partial charge in [-0.05, 0) is 45.8 Å². The van der Waals surface area contributed by atoms with Gasteiger partial charge in [0.25, 0.3) is 0 Å². The molecule has 1 aromatic heterocycles. The molecule has 3 nitrogen and oxygen atoms in total. The van der Waals surface area contributed by atoms with Crippen LogP contribution in [0.5, 0.6) is 5.75 Å². The normalized spacial score (nSPS) is 12.2. The van der Waals surface area contributed by atoms with Crippen molar-refractivity contribution >= 4 is 15.9 Å². The number of pyridine rings is 1. The molecule has 0 aliphatic heterocycles. The number of hydrogen-bond donors (Lipinski definition) is 1. The molecule has 94 valence electrons. The summed E-state index contributed by atoms with van der Waals surface area (Å²) in [5.74, 6) is -0.364. The van der Waals surface area contributed by atoms with E-state index in [1.807, 2.05) is 0 Å². The molecule has 0 saturated heterocycles. The first-order valence-corrected chi connectivity index (χ1v) is 6.05. The number of benzene rings is 1. The van der Waals surface area contributed by atoms with Crippen LogP contribution >= 0.6 is 15.9 Å². The summed E-state index contributed by atoms with van der Waals surface area (Å²) in [5.41, 5.74) is 1.01. The summed E-state index contributed by atoms with van der Waals surface area (Å²) in [6, 6.07) is 9.46. The maximum atomic E-state index is 13.3. The maximum Gasteiger partial charge on any atom is 0.165 e. The predicted octanol–water partition coefficient (Wildman–Crippen LogP) is 3.07. The van der Waals surface area contributed by atoms with Crippen molar-refractivity contribution in [2.75, 3.05) is 7.11 Å². The van der Waals surface area contributed by atoms with Crippen LogP contribution in [0.3, 0.4) is 0 Å². The van der Waals surface area contributed by atoms with E-state index in [0.717, 1.165) is 0 Å². The van der Waals surface area contributed by atoms with E-state index in [1.54, 1.807) is 18.2 Å². The number of methoxy groups -OCH3 is 1. The van der Waals surface area contributed by atoms with Gasteiger partial charge < -0.3 is 9.84 Å². The van der Waals surface area contributed by atoms with Gasteiger partial charge in [0, 0.05) is 0 Å². The van der Waals surface area contributed by atoms with E-state index in [9.17, 15) is 9.50 Å². The topological polar surface area (TPSA) is 42.4 Å². The molecule has 1 atom stereocenters. The lowest BCUT2D eigenvalue weighted by molar-refractivity contribution is 0.214. The third-order valence-electron chi connectivity index (χ3n) is 2.51. The molecule has 1 aromatic carbocycles. The molecular weight excluding hydrogens is 301 g/mol. The van der Waals surface area contributed by atoms with Crippen molar-refractivity contribution in [1.82, 2.24) is 4.98 Å². The van der Waals surface area contributed by atoms with E-state index in [2.05, 4.69) is 20.9 Å². The Bertz CT molecular complexity index is 562. The fraction of sp³-hybridized carbons (Fsp3) is 0.154. The molecule has 0 radical (unpaired) electrons. The predicted molar refractivity (Wildman–Crippen MR) is 69.0 cm³/mol. The summed E-state index contributed by atoms with van der Waals surface area (Å²) in [5, 5.41) is 10.2. The molecule has 0 amide bonds. The zero-order chi connectivity index (χ0) is 13.1. The second-order valence-corrected chi connectivity index (χ2v) is 4.49. The lowest BCUT2D eigenvalue weighted by atomic mass is 10.1. The smallest absolute Gasteiger partial charge is 0.165 e. The lowest BCUT2D eigenvalue weighted by Gasteiger charge is -2.12. The Labute approximate surface area is 112 Å². The number of hydrogen-bond acceptors (Lipinski definition) is 3. The van der Waals surface area contributed by atoms with Gasteiger partial charge in [0.15, 0.2) is 11.6 Å². The van der Waals surface area contributed by atoms with Crippen molar-refractivity contribution < 1.29 is 14.2 Å². The monoisotopic (exact) mass is 311 g/mol. The Balaban J connectivity index is 2.36. The van der Waals surface area contributed by atoms with Crippen LogP contribution in [0, 0.1) is 5.82 Å². The highest BCUT2D eigenvalue weighted by Gasteiger charge is 2.14.